The molecule has 1 aliphatic heterocycles. The second-order valence-electron chi connectivity index (χ2n) is 12.8. The molecule has 166 valence electrons. The fourth-order valence-electron chi connectivity index (χ4n) is 9.75. The minimum absolute atomic E-state index is 0.0150. The molecule has 2 heteroatoms. The third-order valence-electron chi connectivity index (χ3n) is 11.3. The minimum Gasteiger partial charge on any atom is -0.392 e. The summed E-state index contributed by atoms with van der Waals surface area (Å²) in [6.45, 7) is 12.4. The first kappa shape index (κ1) is 20.8. The van der Waals surface area contributed by atoms with Gasteiger partial charge in [-0.25, -0.2) is 0 Å². The van der Waals surface area contributed by atoms with Gasteiger partial charge >= 0.3 is 0 Å². The highest BCUT2D eigenvalue weighted by Gasteiger charge is 2.77. The van der Waals surface area contributed by atoms with Crippen molar-refractivity contribution in [2.45, 2.75) is 123 Å². The van der Waals surface area contributed by atoms with Crippen LogP contribution in [0.1, 0.15) is 105 Å². The summed E-state index contributed by atoms with van der Waals surface area (Å²) in [6.07, 6.45) is 14.8. The largest absolute Gasteiger partial charge is 0.392 e. The number of hydrogen-bond donors (Lipinski definition) is 1. The van der Waals surface area contributed by atoms with Crippen LogP contribution in [0.4, 0.5) is 0 Å². The smallest absolute Gasteiger partial charge is 0.103 e. The van der Waals surface area contributed by atoms with Crippen LogP contribution in [-0.2, 0) is 4.74 Å². The number of rotatable bonds is 5. The standard InChI is InChI=1S/C27H46O2/c1-17(2)8-6-9-18(3)20-11-12-21-19-16-24-27(29-24)14-7-10-23(28)26(27,5)22(19)13-15-25(20,21)4/h17-24,28H,6-16H2,1-5H3/t18-,19+,20-,21+,22+,23?,24?,25-,26+,27?/m1/s1. The molecule has 1 spiro atoms. The first-order chi connectivity index (χ1) is 13.7. The molecule has 5 aliphatic rings. The van der Waals surface area contributed by atoms with E-state index in [1.165, 1.54) is 57.8 Å². The van der Waals surface area contributed by atoms with Gasteiger partial charge in [-0.2, -0.15) is 0 Å². The summed E-state index contributed by atoms with van der Waals surface area (Å²) in [7, 11) is 0. The van der Waals surface area contributed by atoms with Gasteiger partial charge in [0.15, 0.2) is 0 Å². The fraction of sp³-hybridized carbons (Fsp3) is 1.00. The second kappa shape index (κ2) is 6.96. The van der Waals surface area contributed by atoms with Gasteiger partial charge in [0.1, 0.15) is 5.60 Å². The van der Waals surface area contributed by atoms with E-state index in [9.17, 15) is 5.11 Å². The number of aliphatic hydroxyl groups is 1. The predicted molar refractivity (Wildman–Crippen MR) is 119 cm³/mol. The summed E-state index contributed by atoms with van der Waals surface area (Å²) in [4.78, 5) is 0. The van der Waals surface area contributed by atoms with E-state index in [0.717, 1.165) is 42.4 Å². The van der Waals surface area contributed by atoms with Crippen LogP contribution in [0, 0.1) is 46.3 Å². The van der Waals surface area contributed by atoms with E-state index < -0.39 is 0 Å². The molecule has 4 aliphatic carbocycles. The third kappa shape index (κ3) is 2.80. The van der Waals surface area contributed by atoms with Gasteiger partial charge in [0.2, 0.25) is 0 Å². The Morgan fingerprint density at radius 1 is 0.966 bits per heavy atom. The maximum absolute atomic E-state index is 11.2. The van der Waals surface area contributed by atoms with Crippen LogP contribution in [0.5, 0.6) is 0 Å². The van der Waals surface area contributed by atoms with Crippen LogP contribution in [0.25, 0.3) is 0 Å². The molecule has 0 aromatic carbocycles. The van der Waals surface area contributed by atoms with Crippen molar-refractivity contribution >= 4 is 0 Å². The van der Waals surface area contributed by atoms with Gasteiger partial charge in [-0.05, 0) is 92.3 Å². The van der Waals surface area contributed by atoms with Gasteiger partial charge in [-0.15, -0.1) is 0 Å². The first-order valence-corrected chi connectivity index (χ1v) is 13.1. The van der Waals surface area contributed by atoms with Crippen molar-refractivity contribution in [3.05, 3.63) is 0 Å². The zero-order valence-corrected chi connectivity index (χ0v) is 19.8. The number of aliphatic hydroxyl groups excluding tert-OH is 1. The molecule has 1 heterocycles. The Kier molecular flexibility index (Phi) is 4.99. The fourth-order valence-corrected chi connectivity index (χ4v) is 9.75. The molecular formula is C27H46O2. The Hall–Kier alpha value is -0.0800. The van der Waals surface area contributed by atoms with E-state index in [4.69, 9.17) is 4.74 Å². The average Bonchev–Trinajstić information content (AvgIpc) is 3.24. The zero-order valence-electron chi connectivity index (χ0n) is 19.8. The van der Waals surface area contributed by atoms with Crippen molar-refractivity contribution in [2.24, 2.45) is 46.3 Å². The molecule has 5 rings (SSSR count). The van der Waals surface area contributed by atoms with Crippen LogP contribution >= 0.6 is 0 Å². The van der Waals surface area contributed by atoms with E-state index >= 15 is 0 Å². The van der Waals surface area contributed by atoms with Crippen LogP contribution in [0.15, 0.2) is 0 Å². The molecule has 0 amide bonds. The topological polar surface area (TPSA) is 32.8 Å². The molecule has 3 unspecified atom stereocenters. The quantitative estimate of drug-likeness (QED) is 0.525. The molecule has 1 N–H and O–H groups in total. The molecule has 2 nitrogen and oxygen atoms in total. The highest BCUT2D eigenvalue weighted by atomic mass is 16.6. The van der Waals surface area contributed by atoms with Crippen molar-refractivity contribution < 1.29 is 9.84 Å². The van der Waals surface area contributed by atoms with Gasteiger partial charge in [-0.3, -0.25) is 0 Å². The van der Waals surface area contributed by atoms with Crippen LogP contribution in [0.3, 0.4) is 0 Å². The van der Waals surface area contributed by atoms with Crippen molar-refractivity contribution in [3.63, 3.8) is 0 Å². The lowest BCUT2D eigenvalue weighted by Gasteiger charge is -2.60. The zero-order chi connectivity index (χ0) is 20.6. The normalized spacial score (nSPS) is 54.3. The third-order valence-corrected chi connectivity index (χ3v) is 11.3. The van der Waals surface area contributed by atoms with Crippen molar-refractivity contribution in [2.75, 3.05) is 0 Å². The van der Waals surface area contributed by atoms with Crippen LogP contribution in [-0.4, -0.2) is 22.9 Å². The molecular weight excluding hydrogens is 356 g/mol. The van der Waals surface area contributed by atoms with Gasteiger partial charge in [0.05, 0.1) is 12.2 Å². The Bertz CT molecular complexity index is 630. The second-order valence-corrected chi connectivity index (χ2v) is 12.8. The number of fused-ring (bicyclic) bond motifs is 4. The molecule has 0 aromatic rings. The lowest BCUT2D eigenvalue weighted by molar-refractivity contribution is -0.154. The highest BCUT2D eigenvalue weighted by molar-refractivity contribution is 5.25. The molecule has 1 saturated heterocycles. The Morgan fingerprint density at radius 2 is 1.76 bits per heavy atom. The molecule has 10 atom stereocenters. The molecule has 0 aromatic heterocycles. The Morgan fingerprint density at radius 3 is 2.52 bits per heavy atom. The van der Waals surface area contributed by atoms with Gasteiger partial charge in [0.25, 0.3) is 0 Å². The molecule has 5 fully saturated rings. The molecule has 29 heavy (non-hydrogen) atoms. The van der Waals surface area contributed by atoms with Gasteiger partial charge in [-0.1, -0.05) is 53.9 Å². The van der Waals surface area contributed by atoms with Crippen molar-refractivity contribution in [1.29, 1.82) is 0 Å². The maximum atomic E-state index is 11.2. The minimum atomic E-state index is -0.148. The van der Waals surface area contributed by atoms with Crippen LogP contribution < -0.4 is 0 Å². The van der Waals surface area contributed by atoms with Crippen molar-refractivity contribution in [1.82, 2.24) is 0 Å². The van der Waals surface area contributed by atoms with E-state index in [-0.39, 0.29) is 17.1 Å². The Labute approximate surface area is 179 Å². The van der Waals surface area contributed by atoms with E-state index in [1.807, 2.05) is 0 Å². The van der Waals surface area contributed by atoms with E-state index in [1.54, 1.807) is 0 Å². The summed E-state index contributed by atoms with van der Waals surface area (Å²) in [5.41, 5.74) is 0.589. The SMILES string of the molecule is CC(C)CCC[C@@H](C)[C@H]1CC[C@H]2[C@@H]3CC4OC45CCCC(O)[C@]5(C)[C@H]3CC[C@]12C. The first-order valence-electron chi connectivity index (χ1n) is 13.1. The van der Waals surface area contributed by atoms with E-state index in [0.29, 0.717) is 17.4 Å². The monoisotopic (exact) mass is 402 g/mol. The summed E-state index contributed by atoms with van der Waals surface area (Å²) in [6, 6.07) is 0. The predicted octanol–water partition coefficient (Wildman–Crippen LogP) is 6.60. The maximum Gasteiger partial charge on any atom is 0.103 e. The summed E-state index contributed by atoms with van der Waals surface area (Å²) in [5.74, 6) is 4.97. The van der Waals surface area contributed by atoms with Gasteiger partial charge < -0.3 is 9.84 Å². The van der Waals surface area contributed by atoms with Gasteiger partial charge in [0, 0.05) is 5.41 Å². The number of ether oxygens (including phenoxy) is 1. The van der Waals surface area contributed by atoms with E-state index in [2.05, 4.69) is 34.6 Å². The summed E-state index contributed by atoms with van der Waals surface area (Å²) < 4.78 is 6.51. The number of epoxide rings is 1. The lowest BCUT2D eigenvalue weighted by atomic mass is 9.43. The van der Waals surface area contributed by atoms with Crippen LogP contribution in [0.2, 0.25) is 0 Å². The highest BCUT2D eigenvalue weighted by Crippen LogP contribution is 2.74. The Balaban J connectivity index is 1.35. The number of hydrogen-bond acceptors (Lipinski definition) is 2. The molecule has 0 bridgehead atoms. The summed E-state index contributed by atoms with van der Waals surface area (Å²) >= 11 is 0. The molecule has 4 saturated carbocycles. The average molecular weight is 403 g/mol. The molecule has 0 radical (unpaired) electrons. The lowest BCUT2D eigenvalue weighted by Crippen LogP contribution is -2.62. The van der Waals surface area contributed by atoms with Crippen molar-refractivity contribution in [3.8, 4) is 0 Å². The summed E-state index contributed by atoms with van der Waals surface area (Å²) in [5, 5.41) is 11.2.